The molecular weight excluding hydrogens is 208 g/mol. The maximum atomic E-state index is 11.5. The standard InChI is InChI=1S/C7H11N2O2S2/c1-5(2)13(10,11)7-4-12-6(3-8)9-7/h4-5,8H,3H2,1-2H3. The lowest BCUT2D eigenvalue weighted by atomic mass is 10.6. The molecule has 0 aliphatic heterocycles. The lowest BCUT2D eigenvalue weighted by molar-refractivity contribution is 0.584. The number of thiazole rings is 1. The first-order chi connectivity index (χ1) is 5.98. The summed E-state index contributed by atoms with van der Waals surface area (Å²) in [5, 5.41) is 1.70. The van der Waals surface area contributed by atoms with Crippen molar-refractivity contribution >= 4 is 21.2 Å². The Balaban J connectivity index is 3.09. The molecule has 0 saturated heterocycles. The van der Waals surface area contributed by atoms with Crippen molar-refractivity contribution in [1.29, 1.82) is 0 Å². The van der Waals surface area contributed by atoms with Crippen LogP contribution in [-0.4, -0.2) is 18.7 Å². The van der Waals surface area contributed by atoms with Gasteiger partial charge in [0.15, 0.2) is 14.9 Å². The summed E-state index contributed by atoms with van der Waals surface area (Å²) in [4.78, 5) is 3.86. The highest BCUT2D eigenvalue weighted by Crippen LogP contribution is 2.18. The molecule has 1 rings (SSSR count). The highest BCUT2D eigenvalue weighted by molar-refractivity contribution is 7.92. The van der Waals surface area contributed by atoms with E-state index in [0.29, 0.717) is 5.01 Å². The molecule has 1 heterocycles. The van der Waals surface area contributed by atoms with Crippen LogP contribution in [0.4, 0.5) is 0 Å². The van der Waals surface area contributed by atoms with Crippen molar-refractivity contribution in [3.05, 3.63) is 10.4 Å². The summed E-state index contributed by atoms with van der Waals surface area (Å²) in [6.07, 6.45) is 0. The van der Waals surface area contributed by atoms with Crippen LogP contribution >= 0.6 is 11.3 Å². The molecular formula is C7H11N2O2S2. The van der Waals surface area contributed by atoms with Crippen LogP contribution in [0.3, 0.4) is 0 Å². The number of nitrogens with zero attached hydrogens (tertiary/aromatic N) is 1. The van der Waals surface area contributed by atoms with Gasteiger partial charge in [0.25, 0.3) is 0 Å². The lowest BCUT2D eigenvalue weighted by Crippen LogP contribution is -2.14. The molecule has 4 nitrogen and oxygen atoms in total. The van der Waals surface area contributed by atoms with Crippen LogP contribution in [0.2, 0.25) is 0 Å². The Morgan fingerprint density at radius 2 is 2.23 bits per heavy atom. The minimum Gasteiger partial charge on any atom is -0.251 e. The Bertz CT molecular complexity index is 381. The molecule has 0 aliphatic rings. The van der Waals surface area contributed by atoms with Crippen molar-refractivity contribution in [2.45, 2.75) is 30.7 Å². The van der Waals surface area contributed by atoms with E-state index in [4.69, 9.17) is 5.73 Å². The predicted molar refractivity (Wildman–Crippen MR) is 51.2 cm³/mol. The van der Waals surface area contributed by atoms with Gasteiger partial charge in [-0.05, 0) is 13.8 Å². The zero-order valence-corrected chi connectivity index (χ0v) is 9.08. The largest absolute Gasteiger partial charge is 0.251 e. The van der Waals surface area contributed by atoms with Gasteiger partial charge in [-0.2, -0.15) is 0 Å². The monoisotopic (exact) mass is 219 g/mol. The van der Waals surface area contributed by atoms with Gasteiger partial charge in [-0.15, -0.1) is 11.3 Å². The van der Waals surface area contributed by atoms with Crippen molar-refractivity contribution in [2.75, 3.05) is 0 Å². The van der Waals surface area contributed by atoms with Crippen molar-refractivity contribution in [3.8, 4) is 0 Å². The summed E-state index contributed by atoms with van der Waals surface area (Å²) in [7, 11) is -3.25. The van der Waals surface area contributed by atoms with Gasteiger partial charge in [-0.1, -0.05) is 0 Å². The summed E-state index contributed by atoms with van der Waals surface area (Å²) in [5.74, 6) is 0. The number of rotatable bonds is 3. The molecule has 0 fully saturated rings. The number of hydrogen-bond acceptors (Lipinski definition) is 4. The van der Waals surface area contributed by atoms with Crippen LogP contribution < -0.4 is 5.73 Å². The van der Waals surface area contributed by atoms with Crippen LogP contribution in [0, 0.1) is 0 Å². The van der Waals surface area contributed by atoms with Crippen LogP contribution in [0.5, 0.6) is 0 Å². The second-order valence-electron chi connectivity index (χ2n) is 2.85. The summed E-state index contributed by atoms with van der Waals surface area (Å²) in [6, 6.07) is 0. The molecule has 0 amide bonds. The average Bonchev–Trinajstić information content (AvgIpc) is 2.51. The second kappa shape index (κ2) is 3.73. The smallest absolute Gasteiger partial charge is 0.198 e. The summed E-state index contributed by atoms with van der Waals surface area (Å²) in [5.41, 5.74) is 7.02. The van der Waals surface area contributed by atoms with Gasteiger partial charge < -0.3 is 0 Å². The van der Waals surface area contributed by atoms with E-state index < -0.39 is 15.1 Å². The minimum atomic E-state index is -3.25. The topological polar surface area (TPSA) is 70.8 Å². The molecule has 6 heteroatoms. The van der Waals surface area contributed by atoms with E-state index in [1.54, 1.807) is 13.8 Å². The number of sulfone groups is 1. The van der Waals surface area contributed by atoms with Crippen LogP contribution in [0.15, 0.2) is 10.4 Å². The molecule has 1 aromatic heterocycles. The quantitative estimate of drug-likeness (QED) is 0.764. The highest BCUT2D eigenvalue weighted by atomic mass is 32.2. The first kappa shape index (κ1) is 10.6. The molecule has 1 radical (unpaired) electrons. The van der Waals surface area contributed by atoms with E-state index in [0.717, 1.165) is 0 Å². The zero-order valence-electron chi connectivity index (χ0n) is 7.44. The van der Waals surface area contributed by atoms with Crippen molar-refractivity contribution in [2.24, 2.45) is 0 Å². The molecule has 0 atom stereocenters. The van der Waals surface area contributed by atoms with Gasteiger partial charge in [-0.3, -0.25) is 5.73 Å². The Kier molecular flexibility index (Phi) is 3.05. The fourth-order valence-electron chi connectivity index (χ4n) is 0.747. The molecule has 0 spiro atoms. The molecule has 13 heavy (non-hydrogen) atoms. The Morgan fingerprint density at radius 1 is 1.62 bits per heavy atom. The van der Waals surface area contributed by atoms with E-state index >= 15 is 0 Å². The lowest BCUT2D eigenvalue weighted by Gasteiger charge is -2.02. The molecule has 0 aliphatic carbocycles. The van der Waals surface area contributed by atoms with Gasteiger partial charge in [0.05, 0.1) is 11.8 Å². The first-order valence-corrected chi connectivity index (χ1v) is 6.24. The van der Waals surface area contributed by atoms with E-state index in [9.17, 15) is 8.42 Å². The van der Waals surface area contributed by atoms with E-state index in [1.807, 2.05) is 0 Å². The van der Waals surface area contributed by atoms with Gasteiger partial charge in [-0.25, -0.2) is 13.4 Å². The van der Waals surface area contributed by atoms with E-state index in [-0.39, 0.29) is 11.6 Å². The highest BCUT2D eigenvalue weighted by Gasteiger charge is 2.21. The van der Waals surface area contributed by atoms with Crippen molar-refractivity contribution in [1.82, 2.24) is 10.7 Å². The molecule has 1 N–H and O–H groups in total. The SMILES string of the molecule is CC(C)S(=O)(=O)c1csc(C[NH])n1. The van der Waals surface area contributed by atoms with Crippen LogP contribution in [-0.2, 0) is 16.4 Å². The Labute approximate surface area is 81.7 Å². The van der Waals surface area contributed by atoms with Gasteiger partial charge in [0.2, 0.25) is 0 Å². The second-order valence-corrected chi connectivity index (χ2v) is 6.24. The summed E-state index contributed by atoms with van der Waals surface area (Å²) < 4.78 is 23.1. The molecule has 0 unspecified atom stereocenters. The fraction of sp³-hybridized carbons (Fsp3) is 0.571. The van der Waals surface area contributed by atoms with Gasteiger partial charge >= 0.3 is 0 Å². The molecule has 0 saturated carbocycles. The zero-order chi connectivity index (χ0) is 10.1. The van der Waals surface area contributed by atoms with Crippen LogP contribution in [0.1, 0.15) is 18.9 Å². The number of nitrogens with one attached hydrogen (secondary N) is 1. The van der Waals surface area contributed by atoms with Crippen molar-refractivity contribution < 1.29 is 8.42 Å². The van der Waals surface area contributed by atoms with Crippen LogP contribution in [0.25, 0.3) is 0 Å². The Morgan fingerprint density at radius 3 is 2.62 bits per heavy atom. The number of aromatic nitrogens is 1. The van der Waals surface area contributed by atoms with E-state index in [1.165, 1.54) is 16.7 Å². The van der Waals surface area contributed by atoms with Gasteiger partial charge in [0, 0.05) is 5.38 Å². The third kappa shape index (κ3) is 2.07. The fourth-order valence-corrected chi connectivity index (χ4v) is 2.73. The third-order valence-corrected chi connectivity index (χ3v) is 4.63. The van der Waals surface area contributed by atoms with E-state index in [2.05, 4.69) is 4.98 Å². The molecule has 73 valence electrons. The normalized spacial score (nSPS) is 12.3. The summed E-state index contributed by atoms with van der Waals surface area (Å²) in [6.45, 7) is 3.28. The molecule has 1 aromatic rings. The summed E-state index contributed by atoms with van der Waals surface area (Å²) >= 11 is 1.22. The maximum Gasteiger partial charge on any atom is 0.198 e. The third-order valence-electron chi connectivity index (χ3n) is 1.59. The van der Waals surface area contributed by atoms with Gasteiger partial charge in [0.1, 0.15) is 5.01 Å². The average molecular weight is 219 g/mol. The minimum absolute atomic E-state index is 0.0400. The maximum absolute atomic E-state index is 11.5. The number of hydrogen-bond donors (Lipinski definition) is 0. The molecule has 0 aromatic carbocycles. The molecule has 0 bridgehead atoms. The first-order valence-electron chi connectivity index (χ1n) is 3.81. The Hall–Kier alpha value is -0.460. The van der Waals surface area contributed by atoms with Crippen molar-refractivity contribution in [3.63, 3.8) is 0 Å². The predicted octanol–water partition coefficient (Wildman–Crippen LogP) is 1.11.